The zero-order valence-electron chi connectivity index (χ0n) is 22.0. The van der Waals surface area contributed by atoms with Gasteiger partial charge in [-0.05, 0) is 104 Å². The van der Waals surface area contributed by atoms with E-state index in [1.54, 1.807) is 0 Å². The van der Waals surface area contributed by atoms with Crippen LogP contribution in [0.3, 0.4) is 0 Å². The van der Waals surface area contributed by atoms with Crippen molar-refractivity contribution >= 4 is 5.70 Å². The normalized spacial score (nSPS) is 23.5. The van der Waals surface area contributed by atoms with Gasteiger partial charge in [0.05, 0.1) is 0 Å². The van der Waals surface area contributed by atoms with Crippen LogP contribution in [0.2, 0.25) is 0 Å². The molecular formula is C32H47N. The van der Waals surface area contributed by atoms with Crippen LogP contribution >= 0.6 is 0 Å². The number of aryl methyl sites for hydroxylation is 1. The molecule has 1 nitrogen and oxygen atoms in total. The highest BCUT2D eigenvalue weighted by atomic mass is 15.1. The van der Waals surface area contributed by atoms with Crippen LogP contribution in [-0.4, -0.2) is 18.0 Å². The third-order valence-electron chi connectivity index (χ3n) is 8.34. The van der Waals surface area contributed by atoms with Crippen molar-refractivity contribution in [3.8, 4) is 0 Å². The maximum absolute atomic E-state index is 4.53. The Morgan fingerprint density at radius 2 is 1.94 bits per heavy atom. The first-order chi connectivity index (χ1) is 15.8. The zero-order chi connectivity index (χ0) is 24.0. The molecule has 1 heteroatoms. The van der Waals surface area contributed by atoms with Gasteiger partial charge in [0, 0.05) is 18.8 Å². The lowest BCUT2D eigenvalue weighted by molar-refractivity contribution is 0.0436. The minimum atomic E-state index is 0.494. The van der Waals surface area contributed by atoms with Crippen molar-refractivity contribution < 1.29 is 0 Å². The number of likely N-dealkylation sites (tertiary alicyclic amines) is 1. The average Bonchev–Trinajstić information content (AvgIpc) is 2.80. The summed E-state index contributed by atoms with van der Waals surface area (Å²) in [4.78, 5) is 2.56. The molecule has 3 rings (SSSR count). The third-order valence-corrected chi connectivity index (χ3v) is 8.34. The van der Waals surface area contributed by atoms with Crippen LogP contribution in [0.25, 0.3) is 5.70 Å². The molecule has 1 aromatic carbocycles. The van der Waals surface area contributed by atoms with Crippen LogP contribution in [0.1, 0.15) is 82.9 Å². The summed E-state index contributed by atoms with van der Waals surface area (Å²) in [6.45, 7) is 22.1. The monoisotopic (exact) mass is 445 g/mol. The van der Waals surface area contributed by atoms with E-state index in [1.807, 2.05) is 6.08 Å². The topological polar surface area (TPSA) is 3.24 Å². The van der Waals surface area contributed by atoms with Crippen LogP contribution in [-0.2, 0) is 6.42 Å². The van der Waals surface area contributed by atoms with E-state index >= 15 is 0 Å². The molecule has 0 radical (unpaired) electrons. The Labute approximate surface area is 204 Å². The molecular weight excluding hydrogens is 398 g/mol. The molecule has 2 fully saturated rings. The first kappa shape index (κ1) is 25.6. The Hall–Kier alpha value is -2.02. The Balaban J connectivity index is 1.69. The number of hydrogen-bond acceptors (Lipinski definition) is 1. The van der Waals surface area contributed by atoms with Crippen molar-refractivity contribution in [2.75, 3.05) is 13.1 Å². The second-order valence-electron chi connectivity index (χ2n) is 11.2. The SMILES string of the molecule is C=C/C=C\C(=C/C)C1CC(CC)CC2(CCN(C(=C)c3ccc(CC(C)C)c(C)c3)CC2)C1. The first-order valence-electron chi connectivity index (χ1n) is 13.3. The van der Waals surface area contributed by atoms with Crippen molar-refractivity contribution in [1.29, 1.82) is 0 Å². The fourth-order valence-electron chi connectivity index (χ4n) is 6.39. The van der Waals surface area contributed by atoms with Gasteiger partial charge in [0.15, 0.2) is 0 Å². The summed E-state index contributed by atoms with van der Waals surface area (Å²) in [5.41, 5.74) is 7.40. The smallest absolute Gasteiger partial charge is 0.0366 e. The van der Waals surface area contributed by atoms with Crippen LogP contribution in [0.4, 0.5) is 0 Å². The molecule has 1 saturated heterocycles. The maximum Gasteiger partial charge on any atom is 0.0366 e. The first-order valence-corrected chi connectivity index (χ1v) is 13.3. The molecule has 33 heavy (non-hydrogen) atoms. The summed E-state index contributed by atoms with van der Waals surface area (Å²) in [6.07, 6.45) is 17.8. The quantitative estimate of drug-likeness (QED) is 0.361. The van der Waals surface area contributed by atoms with Crippen LogP contribution in [0.5, 0.6) is 0 Å². The number of allylic oxidation sites excluding steroid dienone is 5. The second-order valence-corrected chi connectivity index (χ2v) is 11.2. The van der Waals surface area contributed by atoms with Gasteiger partial charge in [-0.2, -0.15) is 0 Å². The second kappa shape index (κ2) is 11.4. The van der Waals surface area contributed by atoms with Crippen molar-refractivity contribution in [3.63, 3.8) is 0 Å². The molecule has 2 atom stereocenters. The lowest BCUT2D eigenvalue weighted by atomic mass is 9.59. The summed E-state index contributed by atoms with van der Waals surface area (Å²) in [6, 6.07) is 6.98. The Bertz CT molecular complexity index is 876. The van der Waals surface area contributed by atoms with Crippen LogP contribution in [0, 0.1) is 30.1 Å². The number of piperidine rings is 1. The number of hydrogen-bond donors (Lipinski definition) is 0. The van der Waals surface area contributed by atoms with Crippen molar-refractivity contribution in [2.24, 2.45) is 23.2 Å². The predicted octanol–water partition coefficient (Wildman–Crippen LogP) is 8.76. The van der Waals surface area contributed by atoms with Gasteiger partial charge in [-0.3, -0.25) is 0 Å². The predicted molar refractivity (Wildman–Crippen MR) is 146 cm³/mol. The van der Waals surface area contributed by atoms with E-state index < -0.39 is 0 Å². The van der Waals surface area contributed by atoms with Gasteiger partial charge < -0.3 is 4.90 Å². The molecule has 2 aliphatic rings. The van der Waals surface area contributed by atoms with E-state index in [0.29, 0.717) is 17.3 Å². The van der Waals surface area contributed by atoms with Gasteiger partial charge in [0.2, 0.25) is 0 Å². The van der Waals surface area contributed by atoms with Gasteiger partial charge in [0.1, 0.15) is 0 Å². The van der Waals surface area contributed by atoms with Crippen molar-refractivity contribution in [1.82, 2.24) is 4.90 Å². The fourth-order valence-corrected chi connectivity index (χ4v) is 6.39. The van der Waals surface area contributed by atoms with Gasteiger partial charge in [0.25, 0.3) is 0 Å². The van der Waals surface area contributed by atoms with E-state index in [-0.39, 0.29) is 0 Å². The molecule has 1 aliphatic heterocycles. The van der Waals surface area contributed by atoms with Crippen molar-refractivity contribution in [3.05, 3.63) is 77.9 Å². The van der Waals surface area contributed by atoms with E-state index in [2.05, 4.69) is 89.1 Å². The number of benzene rings is 1. The largest absolute Gasteiger partial charge is 0.371 e. The molecule has 0 N–H and O–H groups in total. The molecule has 2 unspecified atom stereocenters. The standard InChI is InChI=1S/C32H47N/c1-8-11-12-28(10-3)31-21-27(9-2)22-32(23-31)15-17-33(18-16-32)26(7)30-14-13-29(19-24(4)5)25(6)20-30/h8,10-14,20,24,27,31H,1,7,9,15-19,21-23H2,2-6H3/b12-11-,28-10+. The molecule has 1 spiro atoms. The Morgan fingerprint density at radius 3 is 2.52 bits per heavy atom. The summed E-state index contributed by atoms with van der Waals surface area (Å²) in [5, 5.41) is 0. The van der Waals surface area contributed by atoms with Gasteiger partial charge in [-0.25, -0.2) is 0 Å². The molecule has 0 amide bonds. The molecule has 180 valence electrons. The zero-order valence-corrected chi connectivity index (χ0v) is 22.0. The number of nitrogens with zero attached hydrogens (tertiary/aromatic N) is 1. The molecule has 0 aromatic heterocycles. The van der Waals surface area contributed by atoms with Crippen LogP contribution < -0.4 is 0 Å². The summed E-state index contributed by atoms with van der Waals surface area (Å²) in [7, 11) is 0. The molecule has 1 aromatic rings. The van der Waals surface area contributed by atoms with Crippen molar-refractivity contribution in [2.45, 2.75) is 79.6 Å². The number of rotatable bonds is 8. The summed E-state index contributed by atoms with van der Waals surface area (Å²) < 4.78 is 0. The Kier molecular flexibility index (Phi) is 8.85. The maximum atomic E-state index is 4.53. The fraction of sp³-hybridized carbons (Fsp3) is 0.562. The molecule has 0 bridgehead atoms. The third kappa shape index (κ3) is 6.31. The summed E-state index contributed by atoms with van der Waals surface area (Å²) >= 11 is 0. The average molecular weight is 446 g/mol. The van der Waals surface area contributed by atoms with Gasteiger partial charge in [-0.1, -0.05) is 76.8 Å². The van der Waals surface area contributed by atoms with Gasteiger partial charge in [-0.15, -0.1) is 0 Å². The highest BCUT2D eigenvalue weighted by Crippen LogP contribution is 2.52. The molecule has 1 heterocycles. The minimum Gasteiger partial charge on any atom is -0.371 e. The van der Waals surface area contributed by atoms with Crippen LogP contribution in [0.15, 0.2) is 61.2 Å². The van der Waals surface area contributed by atoms with E-state index in [0.717, 1.165) is 25.4 Å². The van der Waals surface area contributed by atoms with E-state index in [1.165, 1.54) is 66.5 Å². The molecule has 1 aliphatic carbocycles. The highest BCUT2D eigenvalue weighted by molar-refractivity contribution is 5.63. The van der Waals surface area contributed by atoms with Gasteiger partial charge >= 0.3 is 0 Å². The molecule has 1 saturated carbocycles. The lowest BCUT2D eigenvalue weighted by Gasteiger charge is -2.50. The highest BCUT2D eigenvalue weighted by Gasteiger charge is 2.42. The summed E-state index contributed by atoms with van der Waals surface area (Å²) in [5.74, 6) is 2.23. The Morgan fingerprint density at radius 1 is 1.21 bits per heavy atom. The van der Waals surface area contributed by atoms with E-state index in [9.17, 15) is 0 Å². The van der Waals surface area contributed by atoms with E-state index in [4.69, 9.17) is 0 Å². The minimum absolute atomic E-state index is 0.494. The lowest BCUT2D eigenvalue weighted by Crippen LogP contribution is -2.43.